The van der Waals surface area contributed by atoms with Gasteiger partial charge in [-0.1, -0.05) is 0 Å². The van der Waals surface area contributed by atoms with E-state index in [-0.39, 0.29) is 49.8 Å². The van der Waals surface area contributed by atoms with Crippen molar-refractivity contribution in [1.29, 1.82) is 0 Å². The van der Waals surface area contributed by atoms with Crippen molar-refractivity contribution in [3.8, 4) is 0 Å². The predicted octanol–water partition coefficient (Wildman–Crippen LogP) is 0.309. The molecule has 3 heterocycles. The lowest BCUT2D eigenvalue weighted by Crippen LogP contribution is -2.57. The number of fused-ring (bicyclic) bond motifs is 1. The lowest BCUT2D eigenvalue weighted by molar-refractivity contribution is -0.154. The highest BCUT2D eigenvalue weighted by atomic mass is 16.5. The largest absolute Gasteiger partial charge is 0.389 e. The molecule has 3 rings (SSSR count). The third kappa shape index (κ3) is 4.82. The summed E-state index contributed by atoms with van der Waals surface area (Å²) >= 11 is 0. The molecule has 0 radical (unpaired) electrons. The average Bonchev–Trinajstić information content (AvgIpc) is 2.65. The van der Waals surface area contributed by atoms with Gasteiger partial charge in [-0.15, -0.1) is 0 Å². The van der Waals surface area contributed by atoms with Gasteiger partial charge in [0.1, 0.15) is 6.10 Å². The van der Waals surface area contributed by atoms with Gasteiger partial charge in [0.2, 0.25) is 5.91 Å². The quantitative estimate of drug-likeness (QED) is 0.815. The zero-order valence-corrected chi connectivity index (χ0v) is 15.8. The highest BCUT2D eigenvalue weighted by Gasteiger charge is 2.40. The van der Waals surface area contributed by atoms with Gasteiger partial charge in [-0.05, 0) is 25.0 Å². The van der Waals surface area contributed by atoms with Crippen LogP contribution < -0.4 is 0 Å². The van der Waals surface area contributed by atoms with Crippen LogP contribution in [0.4, 0.5) is 0 Å². The molecule has 2 saturated heterocycles. The fourth-order valence-electron chi connectivity index (χ4n) is 3.61. The molecule has 4 atom stereocenters. The minimum absolute atomic E-state index is 0.0188. The number of carbonyl (C=O) groups excluding carboxylic acids is 2. The molecule has 0 bridgehead atoms. The van der Waals surface area contributed by atoms with Gasteiger partial charge in [-0.3, -0.25) is 14.6 Å². The van der Waals surface area contributed by atoms with E-state index in [4.69, 9.17) is 9.47 Å². The number of aliphatic hydroxyl groups excluding tert-OH is 1. The smallest absolute Gasteiger partial charge is 0.254 e. The monoisotopic (exact) mass is 377 g/mol. The lowest BCUT2D eigenvalue weighted by Gasteiger charge is -2.44. The average molecular weight is 377 g/mol. The summed E-state index contributed by atoms with van der Waals surface area (Å²) in [6, 6.07) is 3.13. The Morgan fingerprint density at radius 2 is 2.00 bits per heavy atom. The second-order valence-electron chi connectivity index (χ2n) is 7.32. The first-order chi connectivity index (χ1) is 13.0. The molecule has 1 N–H and O–H groups in total. The SMILES string of the molecule is CN(C)C(=O)C[C@H]1CC[C@H]2[C@@H](COC[C@H](O)CN2C(=O)c2ccncc2)O1. The summed E-state index contributed by atoms with van der Waals surface area (Å²) in [4.78, 5) is 32.3. The highest BCUT2D eigenvalue weighted by molar-refractivity contribution is 5.94. The maximum absolute atomic E-state index is 13.0. The molecule has 2 fully saturated rings. The van der Waals surface area contributed by atoms with E-state index in [1.165, 1.54) is 0 Å². The van der Waals surface area contributed by atoms with Crippen LogP contribution >= 0.6 is 0 Å². The van der Waals surface area contributed by atoms with Crippen molar-refractivity contribution in [3.05, 3.63) is 30.1 Å². The Bertz CT molecular complexity index is 654. The summed E-state index contributed by atoms with van der Waals surface area (Å²) in [5.74, 6) is -0.134. The Kier molecular flexibility index (Phi) is 6.41. The van der Waals surface area contributed by atoms with E-state index in [9.17, 15) is 14.7 Å². The third-order valence-electron chi connectivity index (χ3n) is 5.07. The topological polar surface area (TPSA) is 92.2 Å². The molecular weight excluding hydrogens is 350 g/mol. The molecule has 0 unspecified atom stereocenters. The van der Waals surface area contributed by atoms with Crippen LogP contribution in [0.1, 0.15) is 29.6 Å². The number of amides is 2. The van der Waals surface area contributed by atoms with E-state index < -0.39 is 6.10 Å². The van der Waals surface area contributed by atoms with Crippen LogP contribution in [-0.2, 0) is 14.3 Å². The van der Waals surface area contributed by atoms with Gasteiger partial charge in [0.05, 0.1) is 37.9 Å². The summed E-state index contributed by atoms with van der Waals surface area (Å²) in [6.45, 7) is 0.621. The molecule has 2 amide bonds. The van der Waals surface area contributed by atoms with Crippen LogP contribution in [0, 0.1) is 0 Å². The Hall–Kier alpha value is -2.03. The number of pyridine rings is 1. The van der Waals surface area contributed by atoms with Crippen molar-refractivity contribution in [2.24, 2.45) is 0 Å². The maximum atomic E-state index is 13.0. The van der Waals surface area contributed by atoms with Crippen molar-refractivity contribution >= 4 is 11.8 Å². The van der Waals surface area contributed by atoms with Crippen LogP contribution in [0.5, 0.6) is 0 Å². The van der Waals surface area contributed by atoms with E-state index in [1.54, 1.807) is 48.4 Å². The Balaban J connectivity index is 1.76. The summed E-state index contributed by atoms with van der Waals surface area (Å²) in [6.07, 6.45) is 3.59. The molecule has 0 aromatic carbocycles. The summed E-state index contributed by atoms with van der Waals surface area (Å²) in [7, 11) is 3.45. The van der Waals surface area contributed by atoms with Gasteiger partial charge in [0, 0.05) is 38.6 Å². The second-order valence-corrected chi connectivity index (χ2v) is 7.32. The molecule has 8 nitrogen and oxygen atoms in total. The number of hydrogen-bond acceptors (Lipinski definition) is 6. The van der Waals surface area contributed by atoms with Crippen LogP contribution in [0.25, 0.3) is 0 Å². The zero-order valence-electron chi connectivity index (χ0n) is 15.8. The molecular formula is C19H27N3O5. The van der Waals surface area contributed by atoms with Crippen LogP contribution in [0.3, 0.4) is 0 Å². The van der Waals surface area contributed by atoms with E-state index in [0.29, 0.717) is 24.8 Å². The van der Waals surface area contributed by atoms with E-state index in [1.807, 2.05) is 0 Å². The fourth-order valence-corrected chi connectivity index (χ4v) is 3.61. The summed E-state index contributed by atoms with van der Waals surface area (Å²) in [5, 5.41) is 10.2. The third-order valence-corrected chi connectivity index (χ3v) is 5.07. The van der Waals surface area contributed by atoms with Gasteiger partial charge in [0.25, 0.3) is 5.91 Å². The fraction of sp³-hybridized carbons (Fsp3) is 0.632. The summed E-state index contributed by atoms with van der Waals surface area (Å²) < 4.78 is 11.7. The van der Waals surface area contributed by atoms with Crippen molar-refractivity contribution in [2.75, 3.05) is 33.9 Å². The molecule has 0 spiro atoms. The molecule has 148 valence electrons. The number of carbonyl (C=O) groups is 2. The van der Waals surface area contributed by atoms with E-state index in [0.717, 1.165) is 0 Å². The van der Waals surface area contributed by atoms with Crippen molar-refractivity contribution in [1.82, 2.24) is 14.8 Å². The van der Waals surface area contributed by atoms with Gasteiger partial charge in [0.15, 0.2) is 0 Å². The standard InChI is InChI=1S/C19H27N3O5/c1-21(2)18(24)9-15-3-4-16-17(27-15)12-26-11-14(23)10-22(16)19(25)13-5-7-20-8-6-13/h5-8,14-17,23H,3-4,9-12H2,1-2H3/t14-,15-,16+,17-/m1/s1. The minimum atomic E-state index is -0.746. The highest BCUT2D eigenvalue weighted by Crippen LogP contribution is 2.29. The molecule has 2 aliphatic rings. The predicted molar refractivity (Wildman–Crippen MR) is 97.1 cm³/mol. The molecule has 27 heavy (non-hydrogen) atoms. The molecule has 1 aromatic heterocycles. The zero-order chi connectivity index (χ0) is 19.4. The molecule has 0 aliphatic carbocycles. The Morgan fingerprint density at radius 1 is 1.26 bits per heavy atom. The van der Waals surface area contributed by atoms with E-state index >= 15 is 0 Å². The van der Waals surface area contributed by atoms with Crippen LogP contribution in [0.2, 0.25) is 0 Å². The number of aliphatic hydroxyl groups is 1. The number of rotatable bonds is 3. The van der Waals surface area contributed by atoms with Crippen LogP contribution in [-0.4, -0.2) is 89.9 Å². The Morgan fingerprint density at radius 3 is 2.70 bits per heavy atom. The van der Waals surface area contributed by atoms with Gasteiger partial charge < -0.3 is 24.4 Å². The maximum Gasteiger partial charge on any atom is 0.254 e. The van der Waals surface area contributed by atoms with Gasteiger partial charge in [-0.25, -0.2) is 0 Å². The number of nitrogens with zero attached hydrogens (tertiary/aromatic N) is 3. The van der Waals surface area contributed by atoms with Crippen LogP contribution in [0.15, 0.2) is 24.5 Å². The molecule has 8 heteroatoms. The molecule has 0 saturated carbocycles. The minimum Gasteiger partial charge on any atom is -0.389 e. The number of β-amino-alcohol motifs (C(OH)–C–C–N with tert-alkyl or cyclic N) is 1. The van der Waals surface area contributed by atoms with Gasteiger partial charge >= 0.3 is 0 Å². The second kappa shape index (κ2) is 8.77. The normalized spacial score (nSPS) is 28.6. The van der Waals surface area contributed by atoms with Crippen molar-refractivity contribution in [2.45, 2.75) is 43.6 Å². The van der Waals surface area contributed by atoms with Gasteiger partial charge in [-0.2, -0.15) is 0 Å². The first kappa shape index (κ1) is 19.7. The first-order valence-electron chi connectivity index (χ1n) is 9.28. The molecule has 2 aliphatic heterocycles. The summed E-state index contributed by atoms with van der Waals surface area (Å²) in [5.41, 5.74) is 0.530. The Labute approximate surface area is 159 Å². The molecule has 1 aromatic rings. The van der Waals surface area contributed by atoms with Crippen molar-refractivity contribution < 1.29 is 24.2 Å². The lowest BCUT2D eigenvalue weighted by atomic mass is 9.94. The first-order valence-corrected chi connectivity index (χ1v) is 9.28. The van der Waals surface area contributed by atoms with E-state index in [2.05, 4.69) is 4.98 Å². The number of hydrogen-bond donors (Lipinski definition) is 1. The van der Waals surface area contributed by atoms with Crippen molar-refractivity contribution in [3.63, 3.8) is 0 Å². The number of aromatic nitrogens is 1. The number of ether oxygens (including phenoxy) is 2.